The molecule has 0 aromatic heterocycles. The third-order valence-electron chi connectivity index (χ3n) is 2.81. The molecule has 0 aliphatic carbocycles. The van der Waals surface area contributed by atoms with Gasteiger partial charge in [0.25, 0.3) is 5.91 Å². The molecule has 21 heavy (non-hydrogen) atoms. The molecule has 0 aliphatic rings. The molecule has 2 N–H and O–H groups in total. The second-order valence-electron chi connectivity index (χ2n) is 4.59. The second kappa shape index (κ2) is 8.46. The number of nitrogens with one attached hydrogen (secondary N) is 1. The summed E-state index contributed by atoms with van der Waals surface area (Å²) in [7, 11) is 0. The van der Waals surface area contributed by atoms with Crippen molar-refractivity contribution < 1.29 is 23.8 Å². The Balaban J connectivity index is 2.24. The van der Waals surface area contributed by atoms with Crippen molar-refractivity contribution in [1.29, 1.82) is 0 Å². The van der Waals surface area contributed by atoms with Crippen LogP contribution >= 0.6 is 11.6 Å². The number of halogens is 2. The van der Waals surface area contributed by atoms with Gasteiger partial charge in [0.15, 0.2) is 6.61 Å². The minimum absolute atomic E-state index is 0.0954. The Labute approximate surface area is 127 Å². The fourth-order valence-corrected chi connectivity index (χ4v) is 1.77. The first-order valence-electron chi connectivity index (χ1n) is 6.47. The van der Waals surface area contributed by atoms with Crippen LogP contribution in [0.2, 0.25) is 5.02 Å². The lowest BCUT2D eigenvalue weighted by Gasteiger charge is -2.09. The third kappa shape index (κ3) is 6.44. The number of carboxylic acids is 1. The summed E-state index contributed by atoms with van der Waals surface area (Å²) < 4.78 is 18.0. The molecule has 0 saturated heterocycles. The molecule has 1 aromatic carbocycles. The Morgan fingerprint density at radius 2 is 2.19 bits per heavy atom. The predicted octanol–water partition coefficient (Wildman–Crippen LogP) is 2.48. The number of carbonyl (C=O) groups is 2. The molecule has 0 saturated carbocycles. The summed E-state index contributed by atoms with van der Waals surface area (Å²) >= 11 is 5.75. The molecule has 7 heteroatoms. The van der Waals surface area contributed by atoms with Gasteiger partial charge in [-0.25, -0.2) is 4.39 Å². The van der Waals surface area contributed by atoms with Crippen molar-refractivity contribution in [2.75, 3.05) is 13.2 Å². The van der Waals surface area contributed by atoms with Crippen molar-refractivity contribution >= 4 is 23.5 Å². The van der Waals surface area contributed by atoms with E-state index in [1.165, 1.54) is 12.1 Å². The number of hydrogen-bond acceptors (Lipinski definition) is 3. The van der Waals surface area contributed by atoms with Gasteiger partial charge in [0.1, 0.15) is 11.6 Å². The van der Waals surface area contributed by atoms with Gasteiger partial charge in [-0.05, 0) is 31.0 Å². The van der Waals surface area contributed by atoms with Gasteiger partial charge in [-0.1, -0.05) is 18.5 Å². The summed E-state index contributed by atoms with van der Waals surface area (Å²) in [5.41, 5.74) is 0. The number of ether oxygens (including phenoxy) is 1. The fraction of sp³-hybridized carbons (Fsp3) is 0.429. The van der Waals surface area contributed by atoms with Crippen LogP contribution in [0.1, 0.15) is 19.8 Å². The van der Waals surface area contributed by atoms with Crippen LogP contribution in [-0.2, 0) is 9.59 Å². The monoisotopic (exact) mass is 317 g/mol. The number of carbonyl (C=O) groups excluding carboxylic acids is 1. The average Bonchev–Trinajstić information content (AvgIpc) is 2.42. The molecule has 5 nitrogen and oxygen atoms in total. The minimum atomic E-state index is -0.851. The van der Waals surface area contributed by atoms with Crippen molar-refractivity contribution in [1.82, 2.24) is 5.32 Å². The van der Waals surface area contributed by atoms with Gasteiger partial charge in [-0.15, -0.1) is 0 Å². The van der Waals surface area contributed by atoms with Crippen molar-refractivity contribution in [3.8, 4) is 5.75 Å². The SMILES string of the molecule is CC(CCCNC(=O)COc1ccc(F)cc1Cl)C(=O)O. The highest BCUT2D eigenvalue weighted by atomic mass is 35.5. The maximum Gasteiger partial charge on any atom is 0.306 e. The van der Waals surface area contributed by atoms with Crippen LogP contribution in [0.5, 0.6) is 5.75 Å². The molecule has 1 rings (SSSR count). The van der Waals surface area contributed by atoms with Gasteiger partial charge in [0.05, 0.1) is 10.9 Å². The Morgan fingerprint density at radius 1 is 1.48 bits per heavy atom. The summed E-state index contributed by atoms with van der Waals surface area (Å²) in [6.07, 6.45) is 1.05. The lowest BCUT2D eigenvalue weighted by Crippen LogP contribution is -2.30. The first-order valence-corrected chi connectivity index (χ1v) is 6.85. The molecule has 1 aromatic rings. The molecule has 0 fully saturated rings. The maximum absolute atomic E-state index is 12.8. The zero-order valence-corrected chi connectivity index (χ0v) is 12.3. The topological polar surface area (TPSA) is 75.6 Å². The van der Waals surface area contributed by atoms with Gasteiger partial charge in [0, 0.05) is 6.54 Å². The molecule has 0 spiro atoms. The van der Waals surface area contributed by atoms with Crippen LogP contribution < -0.4 is 10.1 Å². The van der Waals surface area contributed by atoms with Crippen LogP contribution in [0.4, 0.5) is 4.39 Å². The van der Waals surface area contributed by atoms with E-state index in [9.17, 15) is 14.0 Å². The van der Waals surface area contributed by atoms with Gasteiger partial charge in [-0.3, -0.25) is 9.59 Å². The quantitative estimate of drug-likeness (QED) is 0.722. The molecule has 0 heterocycles. The molecular formula is C14H17ClFNO4. The van der Waals surface area contributed by atoms with E-state index in [0.29, 0.717) is 19.4 Å². The number of hydrogen-bond donors (Lipinski definition) is 2. The summed E-state index contributed by atoms with van der Waals surface area (Å²) in [5.74, 6) is -1.89. The first kappa shape index (κ1) is 17.2. The van der Waals surface area contributed by atoms with E-state index in [-0.39, 0.29) is 23.3 Å². The number of rotatable bonds is 8. The Morgan fingerprint density at radius 3 is 2.81 bits per heavy atom. The van der Waals surface area contributed by atoms with E-state index in [0.717, 1.165) is 6.07 Å². The van der Waals surface area contributed by atoms with Crippen molar-refractivity contribution in [3.05, 3.63) is 29.0 Å². The molecule has 1 amide bonds. The third-order valence-corrected chi connectivity index (χ3v) is 3.11. The molecule has 0 bridgehead atoms. The fourth-order valence-electron chi connectivity index (χ4n) is 1.55. The predicted molar refractivity (Wildman–Crippen MR) is 75.9 cm³/mol. The number of carboxylic acid groups (broad SMARTS) is 1. The average molecular weight is 318 g/mol. The van der Waals surface area contributed by atoms with E-state index in [2.05, 4.69) is 5.32 Å². The van der Waals surface area contributed by atoms with Gasteiger partial charge in [0.2, 0.25) is 0 Å². The van der Waals surface area contributed by atoms with E-state index >= 15 is 0 Å². The van der Waals surface area contributed by atoms with Crippen LogP contribution in [0.25, 0.3) is 0 Å². The zero-order chi connectivity index (χ0) is 15.8. The van der Waals surface area contributed by atoms with Crippen LogP contribution in [0.3, 0.4) is 0 Å². The Kier molecular flexibility index (Phi) is 6.94. The second-order valence-corrected chi connectivity index (χ2v) is 5.00. The van der Waals surface area contributed by atoms with Crippen LogP contribution in [0, 0.1) is 11.7 Å². The number of amides is 1. The van der Waals surface area contributed by atoms with Gasteiger partial charge >= 0.3 is 5.97 Å². The zero-order valence-electron chi connectivity index (χ0n) is 11.6. The lowest BCUT2D eigenvalue weighted by molar-refractivity contribution is -0.141. The summed E-state index contributed by atoms with van der Waals surface area (Å²) in [6.45, 7) is 1.75. The highest BCUT2D eigenvalue weighted by Gasteiger charge is 2.10. The van der Waals surface area contributed by atoms with Crippen molar-refractivity contribution in [2.45, 2.75) is 19.8 Å². The highest BCUT2D eigenvalue weighted by molar-refractivity contribution is 6.32. The summed E-state index contributed by atoms with van der Waals surface area (Å²) in [6, 6.07) is 3.63. The number of aliphatic carboxylic acids is 1. The first-order chi connectivity index (χ1) is 9.90. The van der Waals surface area contributed by atoms with E-state index in [1.807, 2.05) is 0 Å². The molecule has 1 atom stereocenters. The minimum Gasteiger partial charge on any atom is -0.482 e. The number of benzene rings is 1. The Bertz CT molecular complexity index is 510. The molecule has 0 aliphatic heterocycles. The Hall–Kier alpha value is -1.82. The molecular weight excluding hydrogens is 301 g/mol. The molecule has 116 valence electrons. The van der Waals surface area contributed by atoms with Gasteiger partial charge < -0.3 is 15.2 Å². The lowest BCUT2D eigenvalue weighted by atomic mass is 10.1. The largest absolute Gasteiger partial charge is 0.482 e. The van der Waals surface area contributed by atoms with Crippen LogP contribution in [-0.4, -0.2) is 30.1 Å². The van der Waals surface area contributed by atoms with E-state index in [4.69, 9.17) is 21.4 Å². The maximum atomic E-state index is 12.8. The van der Waals surface area contributed by atoms with Gasteiger partial charge in [-0.2, -0.15) is 0 Å². The van der Waals surface area contributed by atoms with E-state index < -0.39 is 17.7 Å². The van der Waals surface area contributed by atoms with Crippen molar-refractivity contribution in [3.63, 3.8) is 0 Å². The smallest absolute Gasteiger partial charge is 0.306 e. The summed E-state index contributed by atoms with van der Waals surface area (Å²) in [4.78, 5) is 22.1. The highest BCUT2D eigenvalue weighted by Crippen LogP contribution is 2.24. The normalized spacial score (nSPS) is 11.8. The van der Waals surface area contributed by atoms with Crippen LogP contribution in [0.15, 0.2) is 18.2 Å². The standard InChI is InChI=1S/C14H17ClFNO4/c1-9(14(19)20)3-2-6-17-13(18)8-21-12-5-4-10(16)7-11(12)15/h4-5,7,9H,2-3,6,8H2,1H3,(H,17,18)(H,19,20). The molecule has 0 radical (unpaired) electrons. The van der Waals surface area contributed by atoms with E-state index in [1.54, 1.807) is 6.92 Å². The van der Waals surface area contributed by atoms with Crippen molar-refractivity contribution in [2.24, 2.45) is 5.92 Å². The summed E-state index contributed by atoms with van der Waals surface area (Å²) in [5, 5.41) is 11.4. The molecule has 1 unspecified atom stereocenters.